The van der Waals surface area contributed by atoms with Gasteiger partial charge in [0, 0.05) is 11.8 Å². The topological polar surface area (TPSA) is 26.3 Å². The van der Waals surface area contributed by atoms with E-state index in [1.807, 2.05) is 13.8 Å². The lowest BCUT2D eigenvalue weighted by atomic mass is 10.2. The standard InChI is InChI=1S/C9H17BrO2/c1-3-8(2)12-9(11)6-4-5-7-10/h8H,3-7H2,1-2H3. The summed E-state index contributed by atoms with van der Waals surface area (Å²) in [6.45, 7) is 3.93. The Labute approximate surface area is 82.8 Å². The van der Waals surface area contributed by atoms with Crippen molar-refractivity contribution < 1.29 is 9.53 Å². The molecule has 0 spiro atoms. The van der Waals surface area contributed by atoms with Gasteiger partial charge in [0.15, 0.2) is 0 Å². The lowest BCUT2D eigenvalue weighted by Gasteiger charge is -2.09. The summed E-state index contributed by atoms with van der Waals surface area (Å²) in [6.07, 6.45) is 3.47. The van der Waals surface area contributed by atoms with E-state index in [0.717, 1.165) is 24.6 Å². The number of esters is 1. The van der Waals surface area contributed by atoms with Crippen molar-refractivity contribution in [3.8, 4) is 0 Å². The molecular formula is C9H17BrO2. The molecule has 1 unspecified atom stereocenters. The van der Waals surface area contributed by atoms with Gasteiger partial charge in [-0.3, -0.25) is 4.79 Å². The second-order valence-electron chi connectivity index (χ2n) is 2.85. The Morgan fingerprint density at radius 1 is 1.50 bits per heavy atom. The zero-order valence-electron chi connectivity index (χ0n) is 7.81. The van der Waals surface area contributed by atoms with Gasteiger partial charge in [-0.15, -0.1) is 0 Å². The number of alkyl halides is 1. The molecule has 0 amide bonds. The molecule has 0 aliphatic rings. The minimum absolute atomic E-state index is 0.0645. The predicted molar refractivity (Wildman–Crippen MR) is 53.5 cm³/mol. The predicted octanol–water partition coefficient (Wildman–Crippen LogP) is 2.89. The molecule has 72 valence electrons. The summed E-state index contributed by atoms with van der Waals surface area (Å²) < 4.78 is 5.09. The molecule has 0 radical (unpaired) electrons. The first-order valence-corrected chi connectivity index (χ1v) is 5.58. The van der Waals surface area contributed by atoms with Crippen molar-refractivity contribution in [2.75, 3.05) is 5.33 Å². The van der Waals surface area contributed by atoms with Crippen LogP contribution >= 0.6 is 15.9 Å². The maximum atomic E-state index is 11.0. The Balaban J connectivity index is 3.33. The van der Waals surface area contributed by atoms with Crippen LogP contribution < -0.4 is 0 Å². The number of carbonyl (C=O) groups excluding carboxylic acids is 1. The monoisotopic (exact) mass is 236 g/mol. The third kappa shape index (κ3) is 6.65. The molecule has 0 aromatic rings. The van der Waals surface area contributed by atoms with Crippen LogP contribution in [0.15, 0.2) is 0 Å². The Hall–Kier alpha value is -0.0500. The second kappa shape index (κ2) is 7.59. The van der Waals surface area contributed by atoms with Gasteiger partial charge in [0.05, 0.1) is 6.10 Å². The number of halogens is 1. The zero-order chi connectivity index (χ0) is 9.40. The molecule has 1 atom stereocenters. The average Bonchev–Trinajstić information content (AvgIpc) is 2.05. The van der Waals surface area contributed by atoms with E-state index < -0.39 is 0 Å². The molecule has 0 saturated heterocycles. The van der Waals surface area contributed by atoms with Crippen LogP contribution in [0.25, 0.3) is 0 Å². The molecular weight excluding hydrogens is 220 g/mol. The largest absolute Gasteiger partial charge is 0.463 e. The van der Waals surface area contributed by atoms with Crippen molar-refractivity contribution in [3.05, 3.63) is 0 Å². The minimum Gasteiger partial charge on any atom is -0.463 e. The fraction of sp³-hybridized carbons (Fsp3) is 0.889. The van der Waals surface area contributed by atoms with Gasteiger partial charge in [-0.25, -0.2) is 0 Å². The number of ether oxygens (including phenoxy) is 1. The van der Waals surface area contributed by atoms with E-state index in [1.165, 1.54) is 0 Å². The van der Waals surface area contributed by atoms with Crippen molar-refractivity contribution >= 4 is 21.9 Å². The van der Waals surface area contributed by atoms with Crippen LogP contribution in [0.4, 0.5) is 0 Å². The lowest BCUT2D eigenvalue weighted by Crippen LogP contribution is -2.13. The Bertz CT molecular complexity index is 126. The maximum Gasteiger partial charge on any atom is 0.306 e. The number of carbonyl (C=O) groups is 1. The number of unbranched alkanes of at least 4 members (excludes halogenated alkanes) is 1. The highest BCUT2D eigenvalue weighted by Gasteiger charge is 2.06. The van der Waals surface area contributed by atoms with Crippen LogP contribution in [-0.2, 0) is 9.53 Å². The van der Waals surface area contributed by atoms with Gasteiger partial charge in [-0.1, -0.05) is 22.9 Å². The van der Waals surface area contributed by atoms with E-state index in [9.17, 15) is 4.79 Å². The highest BCUT2D eigenvalue weighted by Crippen LogP contribution is 2.03. The van der Waals surface area contributed by atoms with E-state index in [-0.39, 0.29) is 12.1 Å². The van der Waals surface area contributed by atoms with E-state index >= 15 is 0 Å². The number of hydrogen-bond acceptors (Lipinski definition) is 2. The van der Waals surface area contributed by atoms with Gasteiger partial charge in [-0.05, 0) is 26.2 Å². The highest BCUT2D eigenvalue weighted by molar-refractivity contribution is 9.09. The molecule has 0 rings (SSSR count). The SMILES string of the molecule is CCC(C)OC(=O)CCCCBr. The van der Waals surface area contributed by atoms with Crippen LogP contribution in [0.2, 0.25) is 0 Å². The van der Waals surface area contributed by atoms with E-state index in [1.54, 1.807) is 0 Å². The Kier molecular flexibility index (Phi) is 7.56. The molecule has 0 bridgehead atoms. The van der Waals surface area contributed by atoms with Crippen LogP contribution in [0, 0.1) is 0 Å². The summed E-state index contributed by atoms with van der Waals surface area (Å²) in [5, 5.41) is 0.962. The summed E-state index contributed by atoms with van der Waals surface area (Å²) >= 11 is 3.31. The first-order chi connectivity index (χ1) is 5.70. The van der Waals surface area contributed by atoms with E-state index in [4.69, 9.17) is 4.74 Å². The molecule has 0 N–H and O–H groups in total. The van der Waals surface area contributed by atoms with Gasteiger partial charge < -0.3 is 4.74 Å². The summed E-state index contributed by atoms with van der Waals surface area (Å²) in [6, 6.07) is 0. The normalized spacial score (nSPS) is 12.6. The molecule has 0 aromatic carbocycles. The van der Waals surface area contributed by atoms with Crippen LogP contribution in [0.3, 0.4) is 0 Å². The molecule has 12 heavy (non-hydrogen) atoms. The molecule has 3 heteroatoms. The number of rotatable bonds is 6. The van der Waals surface area contributed by atoms with Gasteiger partial charge >= 0.3 is 5.97 Å². The van der Waals surface area contributed by atoms with Crippen molar-refractivity contribution in [3.63, 3.8) is 0 Å². The Morgan fingerprint density at radius 2 is 2.17 bits per heavy atom. The third-order valence-electron chi connectivity index (χ3n) is 1.67. The van der Waals surface area contributed by atoms with Crippen LogP contribution in [0.5, 0.6) is 0 Å². The van der Waals surface area contributed by atoms with Crippen LogP contribution in [0.1, 0.15) is 39.5 Å². The van der Waals surface area contributed by atoms with E-state index in [2.05, 4.69) is 15.9 Å². The molecule has 2 nitrogen and oxygen atoms in total. The quantitative estimate of drug-likeness (QED) is 0.403. The summed E-state index contributed by atoms with van der Waals surface area (Å²) in [5.74, 6) is -0.0645. The molecule has 0 saturated carbocycles. The van der Waals surface area contributed by atoms with E-state index in [0.29, 0.717) is 6.42 Å². The Morgan fingerprint density at radius 3 is 2.67 bits per heavy atom. The van der Waals surface area contributed by atoms with Gasteiger partial charge in [0.25, 0.3) is 0 Å². The lowest BCUT2D eigenvalue weighted by molar-refractivity contribution is -0.148. The van der Waals surface area contributed by atoms with Crippen molar-refractivity contribution in [1.82, 2.24) is 0 Å². The molecule has 0 heterocycles. The van der Waals surface area contributed by atoms with Crippen molar-refractivity contribution in [1.29, 1.82) is 0 Å². The second-order valence-corrected chi connectivity index (χ2v) is 3.65. The smallest absolute Gasteiger partial charge is 0.306 e. The minimum atomic E-state index is -0.0645. The molecule has 0 aliphatic carbocycles. The molecule has 0 fully saturated rings. The zero-order valence-corrected chi connectivity index (χ0v) is 9.39. The average molecular weight is 237 g/mol. The van der Waals surface area contributed by atoms with Gasteiger partial charge in [-0.2, -0.15) is 0 Å². The van der Waals surface area contributed by atoms with Gasteiger partial charge in [0.1, 0.15) is 0 Å². The van der Waals surface area contributed by atoms with Gasteiger partial charge in [0.2, 0.25) is 0 Å². The summed E-state index contributed by atoms with van der Waals surface area (Å²) in [5.41, 5.74) is 0. The number of hydrogen-bond donors (Lipinski definition) is 0. The van der Waals surface area contributed by atoms with Crippen molar-refractivity contribution in [2.24, 2.45) is 0 Å². The summed E-state index contributed by atoms with van der Waals surface area (Å²) in [4.78, 5) is 11.0. The maximum absolute atomic E-state index is 11.0. The van der Waals surface area contributed by atoms with Crippen LogP contribution in [-0.4, -0.2) is 17.4 Å². The fourth-order valence-corrected chi connectivity index (χ4v) is 1.13. The third-order valence-corrected chi connectivity index (χ3v) is 2.23. The highest BCUT2D eigenvalue weighted by atomic mass is 79.9. The first-order valence-electron chi connectivity index (χ1n) is 4.46. The molecule has 0 aliphatic heterocycles. The first kappa shape index (κ1) is 11.9. The molecule has 0 aromatic heterocycles. The fourth-order valence-electron chi connectivity index (χ4n) is 0.730. The van der Waals surface area contributed by atoms with Crippen molar-refractivity contribution in [2.45, 2.75) is 45.6 Å². The summed E-state index contributed by atoms with van der Waals surface area (Å²) in [7, 11) is 0.